The van der Waals surface area contributed by atoms with Gasteiger partial charge in [0, 0.05) is 13.2 Å². The highest BCUT2D eigenvalue weighted by molar-refractivity contribution is 5.20. The highest BCUT2D eigenvalue weighted by atomic mass is 16.5. The molecule has 1 aromatic carbocycles. The van der Waals surface area contributed by atoms with Crippen molar-refractivity contribution in [2.45, 2.75) is 25.7 Å². The molecule has 1 saturated heterocycles. The van der Waals surface area contributed by atoms with Gasteiger partial charge in [-0.1, -0.05) is 24.6 Å². The molecule has 0 amide bonds. The Balaban J connectivity index is 1.75. The first-order valence-electron chi connectivity index (χ1n) is 6.21. The van der Waals surface area contributed by atoms with E-state index in [2.05, 4.69) is 0 Å². The van der Waals surface area contributed by atoms with Crippen molar-refractivity contribution in [1.29, 1.82) is 0 Å². The van der Waals surface area contributed by atoms with Crippen molar-refractivity contribution < 1.29 is 9.47 Å². The van der Waals surface area contributed by atoms with Gasteiger partial charge in [-0.2, -0.15) is 0 Å². The van der Waals surface area contributed by atoms with Crippen LogP contribution in [0.1, 0.15) is 25.7 Å². The lowest BCUT2D eigenvalue weighted by molar-refractivity contribution is 0.0873. The van der Waals surface area contributed by atoms with Crippen LogP contribution in [-0.2, 0) is 4.74 Å². The Morgan fingerprint density at radius 1 is 1.06 bits per heavy atom. The second kappa shape index (κ2) is 6.54. The third kappa shape index (κ3) is 3.86. The van der Waals surface area contributed by atoms with Gasteiger partial charge in [-0.3, -0.25) is 0 Å². The summed E-state index contributed by atoms with van der Waals surface area (Å²) < 4.78 is 11.3. The molecule has 1 aliphatic rings. The van der Waals surface area contributed by atoms with Crippen LogP contribution in [0.3, 0.4) is 0 Å². The van der Waals surface area contributed by atoms with Crippen LogP contribution >= 0.6 is 0 Å². The summed E-state index contributed by atoms with van der Waals surface area (Å²) in [7, 11) is 0. The zero-order valence-electron chi connectivity index (χ0n) is 9.73. The molecule has 1 aromatic rings. The fourth-order valence-electron chi connectivity index (χ4n) is 2.03. The van der Waals surface area contributed by atoms with Gasteiger partial charge in [0.15, 0.2) is 0 Å². The lowest BCUT2D eigenvalue weighted by Crippen LogP contribution is -2.17. The van der Waals surface area contributed by atoms with E-state index in [4.69, 9.17) is 9.47 Å². The zero-order chi connectivity index (χ0) is 11.1. The Hall–Kier alpha value is -1.02. The summed E-state index contributed by atoms with van der Waals surface area (Å²) in [6.45, 7) is 2.66. The minimum absolute atomic E-state index is 0.653. The topological polar surface area (TPSA) is 18.5 Å². The largest absolute Gasteiger partial charge is 0.493 e. The van der Waals surface area contributed by atoms with Gasteiger partial charge in [0.2, 0.25) is 0 Å². The third-order valence-electron chi connectivity index (χ3n) is 3.05. The Morgan fingerprint density at radius 3 is 2.81 bits per heavy atom. The first-order chi connectivity index (χ1) is 7.95. The fraction of sp³-hybridized carbons (Fsp3) is 0.571. The van der Waals surface area contributed by atoms with E-state index < -0.39 is 0 Å². The average Bonchev–Trinajstić information content (AvgIpc) is 2.29. The smallest absolute Gasteiger partial charge is 0.119 e. The second-order valence-electron chi connectivity index (χ2n) is 4.39. The normalized spacial score (nSPS) is 22.1. The molecule has 0 spiro atoms. The molecule has 0 saturated carbocycles. The van der Waals surface area contributed by atoms with Crippen molar-refractivity contribution in [2.75, 3.05) is 19.8 Å². The van der Waals surface area contributed by atoms with Crippen molar-refractivity contribution in [2.24, 2.45) is 5.92 Å². The molecular weight excluding hydrogens is 200 g/mol. The molecule has 0 radical (unpaired) electrons. The fourth-order valence-corrected chi connectivity index (χ4v) is 2.03. The second-order valence-corrected chi connectivity index (χ2v) is 4.39. The van der Waals surface area contributed by atoms with Crippen LogP contribution in [0.15, 0.2) is 30.3 Å². The predicted molar refractivity (Wildman–Crippen MR) is 64.7 cm³/mol. The molecule has 2 heteroatoms. The molecule has 0 bridgehead atoms. The standard InChI is InChI=1S/C14H20O2/c1-2-7-14(8-3-1)16-12-13-6-4-5-10-15-11-9-13/h1-3,7-8,13H,4-6,9-12H2. The van der Waals surface area contributed by atoms with E-state index in [9.17, 15) is 0 Å². The number of benzene rings is 1. The van der Waals surface area contributed by atoms with Crippen LogP contribution in [0.25, 0.3) is 0 Å². The van der Waals surface area contributed by atoms with Crippen molar-refractivity contribution in [1.82, 2.24) is 0 Å². The molecule has 16 heavy (non-hydrogen) atoms. The minimum Gasteiger partial charge on any atom is -0.493 e. The van der Waals surface area contributed by atoms with Gasteiger partial charge in [0.25, 0.3) is 0 Å². The first-order valence-corrected chi connectivity index (χ1v) is 6.21. The highest BCUT2D eigenvalue weighted by Gasteiger charge is 2.12. The van der Waals surface area contributed by atoms with E-state index in [1.165, 1.54) is 19.3 Å². The van der Waals surface area contributed by atoms with Gasteiger partial charge in [0.05, 0.1) is 6.61 Å². The number of ether oxygens (including phenoxy) is 2. The minimum atomic E-state index is 0.653. The van der Waals surface area contributed by atoms with Crippen LogP contribution in [0.2, 0.25) is 0 Å². The van der Waals surface area contributed by atoms with Crippen LogP contribution in [0, 0.1) is 5.92 Å². The molecule has 1 unspecified atom stereocenters. The number of rotatable bonds is 3. The van der Waals surface area contributed by atoms with Crippen molar-refractivity contribution in [3.05, 3.63) is 30.3 Å². The lowest BCUT2D eigenvalue weighted by Gasteiger charge is -2.20. The predicted octanol–water partition coefficient (Wildman–Crippen LogP) is 3.27. The Labute approximate surface area is 97.6 Å². The summed E-state index contributed by atoms with van der Waals surface area (Å²) in [5, 5.41) is 0. The van der Waals surface area contributed by atoms with Gasteiger partial charge in [-0.05, 0) is 37.3 Å². The van der Waals surface area contributed by atoms with Gasteiger partial charge < -0.3 is 9.47 Å². The molecule has 0 aliphatic carbocycles. The quantitative estimate of drug-likeness (QED) is 0.778. The molecule has 1 atom stereocenters. The summed E-state index contributed by atoms with van der Waals surface area (Å²) in [5.41, 5.74) is 0. The Bertz CT molecular complexity index is 276. The number of hydrogen-bond donors (Lipinski definition) is 0. The molecular formula is C14H20O2. The van der Waals surface area contributed by atoms with Crippen LogP contribution in [0.5, 0.6) is 5.75 Å². The molecule has 1 heterocycles. The van der Waals surface area contributed by atoms with Crippen molar-refractivity contribution >= 4 is 0 Å². The molecule has 2 nitrogen and oxygen atoms in total. The van der Waals surface area contributed by atoms with Crippen LogP contribution < -0.4 is 4.74 Å². The van der Waals surface area contributed by atoms with E-state index in [-0.39, 0.29) is 0 Å². The van der Waals surface area contributed by atoms with Crippen molar-refractivity contribution in [3.8, 4) is 5.75 Å². The Kier molecular flexibility index (Phi) is 4.69. The van der Waals surface area contributed by atoms with E-state index in [0.717, 1.165) is 32.0 Å². The summed E-state index contributed by atoms with van der Waals surface area (Å²) in [6.07, 6.45) is 4.87. The first kappa shape index (κ1) is 11.5. The van der Waals surface area contributed by atoms with Gasteiger partial charge in [-0.15, -0.1) is 0 Å². The van der Waals surface area contributed by atoms with E-state index in [1.807, 2.05) is 30.3 Å². The zero-order valence-corrected chi connectivity index (χ0v) is 9.73. The van der Waals surface area contributed by atoms with Crippen LogP contribution in [0.4, 0.5) is 0 Å². The van der Waals surface area contributed by atoms with Crippen molar-refractivity contribution in [3.63, 3.8) is 0 Å². The molecule has 88 valence electrons. The summed E-state index contributed by atoms with van der Waals surface area (Å²) in [6, 6.07) is 10.1. The molecule has 1 fully saturated rings. The molecule has 0 N–H and O–H groups in total. The monoisotopic (exact) mass is 220 g/mol. The lowest BCUT2D eigenvalue weighted by atomic mass is 9.99. The highest BCUT2D eigenvalue weighted by Crippen LogP contribution is 2.18. The Morgan fingerprint density at radius 2 is 1.94 bits per heavy atom. The number of hydrogen-bond acceptors (Lipinski definition) is 2. The maximum absolute atomic E-state index is 5.79. The maximum Gasteiger partial charge on any atom is 0.119 e. The molecule has 0 aromatic heterocycles. The molecule has 2 rings (SSSR count). The summed E-state index contributed by atoms with van der Waals surface area (Å²) >= 11 is 0. The van der Waals surface area contributed by atoms with E-state index in [1.54, 1.807) is 0 Å². The average molecular weight is 220 g/mol. The summed E-state index contributed by atoms with van der Waals surface area (Å²) in [5.74, 6) is 1.63. The maximum atomic E-state index is 5.79. The summed E-state index contributed by atoms with van der Waals surface area (Å²) in [4.78, 5) is 0. The van der Waals surface area contributed by atoms with Crippen LogP contribution in [-0.4, -0.2) is 19.8 Å². The number of para-hydroxylation sites is 1. The molecule has 1 aliphatic heterocycles. The third-order valence-corrected chi connectivity index (χ3v) is 3.05. The van der Waals surface area contributed by atoms with E-state index in [0.29, 0.717) is 5.92 Å². The van der Waals surface area contributed by atoms with Gasteiger partial charge >= 0.3 is 0 Å². The SMILES string of the molecule is c1ccc(OCC2CCCCOCC2)cc1. The van der Waals surface area contributed by atoms with E-state index >= 15 is 0 Å². The van der Waals surface area contributed by atoms with Gasteiger partial charge in [-0.25, -0.2) is 0 Å². The van der Waals surface area contributed by atoms with Gasteiger partial charge in [0.1, 0.15) is 5.75 Å².